The van der Waals surface area contributed by atoms with Crippen molar-refractivity contribution in [3.05, 3.63) is 64.9 Å². The SMILES string of the molecule is Cc1ccc(-c2cc(C(F)(F)F)on2)cc1S(=O)(=O)N1CCN(c2cccc(Cl)c2)CC1. The van der Waals surface area contributed by atoms with Crippen molar-refractivity contribution in [1.29, 1.82) is 0 Å². The Balaban J connectivity index is 1.56. The molecule has 0 amide bonds. The lowest BCUT2D eigenvalue weighted by atomic mass is 10.1. The molecule has 170 valence electrons. The number of aromatic nitrogens is 1. The van der Waals surface area contributed by atoms with Gasteiger partial charge in [-0.05, 0) is 36.8 Å². The van der Waals surface area contributed by atoms with Crippen LogP contribution in [-0.2, 0) is 16.2 Å². The van der Waals surface area contributed by atoms with Gasteiger partial charge in [0.2, 0.25) is 15.8 Å². The molecule has 4 rings (SSSR count). The standard InChI is InChI=1S/C21H19ClF3N3O3S/c1-14-5-6-15(18-13-20(31-26-18)21(23,24)25)11-19(14)32(29,30)28-9-7-27(8-10-28)17-4-2-3-16(22)12-17/h2-6,11-13H,7-10H2,1H3. The smallest absolute Gasteiger partial charge is 0.369 e. The number of nitrogens with zero attached hydrogens (tertiary/aromatic N) is 3. The largest absolute Gasteiger partial charge is 0.452 e. The van der Waals surface area contributed by atoms with E-state index in [1.807, 2.05) is 18.2 Å². The van der Waals surface area contributed by atoms with Crippen molar-refractivity contribution in [3.8, 4) is 11.3 Å². The Morgan fingerprint density at radius 1 is 1.03 bits per heavy atom. The van der Waals surface area contributed by atoms with Crippen molar-refractivity contribution in [3.63, 3.8) is 0 Å². The Morgan fingerprint density at radius 2 is 1.75 bits per heavy atom. The Morgan fingerprint density at radius 3 is 2.38 bits per heavy atom. The second-order valence-electron chi connectivity index (χ2n) is 7.43. The third-order valence-electron chi connectivity index (χ3n) is 5.30. The molecule has 1 aliphatic rings. The molecule has 1 fully saturated rings. The summed E-state index contributed by atoms with van der Waals surface area (Å²) >= 11 is 6.05. The van der Waals surface area contributed by atoms with Crippen LogP contribution in [-0.4, -0.2) is 44.1 Å². The number of sulfonamides is 1. The van der Waals surface area contributed by atoms with Crippen molar-refractivity contribution in [1.82, 2.24) is 9.46 Å². The molecule has 2 aromatic carbocycles. The maximum Gasteiger partial charge on any atom is 0.452 e. The molecule has 3 aromatic rings. The number of hydrogen-bond acceptors (Lipinski definition) is 5. The van der Waals surface area contributed by atoms with Crippen LogP contribution >= 0.6 is 11.6 Å². The minimum absolute atomic E-state index is 0.0303. The van der Waals surface area contributed by atoms with Crippen LogP contribution in [0.3, 0.4) is 0 Å². The summed E-state index contributed by atoms with van der Waals surface area (Å²) in [5.74, 6) is -1.24. The van der Waals surface area contributed by atoms with Crippen molar-refractivity contribution in [2.24, 2.45) is 0 Å². The molecule has 11 heteroatoms. The lowest BCUT2D eigenvalue weighted by molar-refractivity contribution is -0.155. The summed E-state index contributed by atoms with van der Waals surface area (Å²) in [6.07, 6.45) is -4.67. The number of alkyl halides is 3. The number of aryl methyl sites for hydroxylation is 1. The molecule has 0 aliphatic carbocycles. The quantitative estimate of drug-likeness (QED) is 0.529. The van der Waals surface area contributed by atoms with Crippen LogP contribution in [0.4, 0.5) is 18.9 Å². The maximum absolute atomic E-state index is 13.3. The third kappa shape index (κ3) is 4.48. The van der Waals surface area contributed by atoms with Crippen LogP contribution in [0.5, 0.6) is 0 Å². The van der Waals surface area contributed by atoms with E-state index in [4.69, 9.17) is 11.6 Å². The van der Waals surface area contributed by atoms with Crippen LogP contribution in [0.25, 0.3) is 11.3 Å². The lowest BCUT2D eigenvalue weighted by Gasteiger charge is -2.35. The first-order chi connectivity index (χ1) is 15.1. The molecule has 0 atom stereocenters. The van der Waals surface area contributed by atoms with Crippen molar-refractivity contribution >= 4 is 27.3 Å². The molecular weight excluding hydrogens is 467 g/mol. The highest BCUT2D eigenvalue weighted by atomic mass is 35.5. The molecule has 0 bridgehead atoms. The summed E-state index contributed by atoms with van der Waals surface area (Å²) in [6, 6.07) is 12.5. The van der Waals surface area contributed by atoms with Crippen LogP contribution in [0.1, 0.15) is 11.3 Å². The number of rotatable bonds is 4. The average Bonchev–Trinajstić information content (AvgIpc) is 3.25. The summed E-state index contributed by atoms with van der Waals surface area (Å²) in [5.41, 5.74) is 1.55. The highest BCUT2D eigenvalue weighted by molar-refractivity contribution is 7.89. The molecule has 0 N–H and O–H groups in total. The number of hydrogen-bond donors (Lipinski definition) is 0. The van der Waals surface area contributed by atoms with Gasteiger partial charge in [-0.1, -0.05) is 35.0 Å². The van der Waals surface area contributed by atoms with Gasteiger partial charge in [0.15, 0.2) is 0 Å². The molecule has 0 spiro atoms. The predicted octanol–water partition coefficient (Wildman–Crippen LogP) is 4.83. The molecule has 6 nitrogen and oxygen atoms in total. The van der Waals surface area contributed by atoms with Gasteiger partial charge in [-0.25, -0.2) is 8.42 Å². The van der Waals surface area contributed by atoms with Gasteiger partial charge in [0.1, 0.15) is 5.69 Å². The van der Waals surface area contributed by atoms with Crippen molar-refractivity contribution < 1.29 is 26.1 Å². The van der Waals surface area contributed by atoms with Crippen LogP contribution in [0.15, 0.2) is 57.9 Å². The summed E-state index contributed by atoms with van der Waals surface area (Å²) in [4.78, 5) is 2.08. The molecule has 0 radical (unpaired) electrons. The Kier molecular flexibility index (Phi) is 5.95. The molecule has 32 heavy (non-hydrogen) atoms. The normalized spacial score (nSPS) is 15.8. The van der Waals surface area contributed by atoms with E-state index in [1.165, 1.54) is 16.4 Å². The van der Waals surface area contributed by atoms with Crippen LogP contribution < -0.4 is 4.90 Å². The second-order valence-corrected chi connectivity index (χ2v) is 9.77. The van der Waals surface area contributed by atoms with Gasteiger partial charge in [0.25, 0.3) is 0 Å². The zero-order chi connectivity index (χ0) is 23.1. The Bertz CT molecular complexity index is 1240. The fourth-order valence-corrected chi connectivity index (χ4v) is 5.44. The van der Waals surface area contributed by atoms with Gasteiger partial charge in [-0.2, -0.15) is 17.5 Å². The van der Waals surface area contributed by atoms with Gasteiger partial charge >= 0.3 is 6.18 Å². The highest BCUT2D eigenvalue weighted by Crippen LogP contribution is 2.33. The number of halogens is 4. The van der Waals surface area contributed by atoms with Crippen LogP contribution in [0.2, 0.25) is 5.02 Å². The summed E-state index contributed by atoms with van der Waals surface area (Å²) in [5, 5.41) is 4.05. The minimum atomic E-state index is -4.67. The van der Waals surface area contributed by atoms with Gasteiger partial charge in [-0.3, -0.25) is 0 Å². The molecule has 1 aromatic heterocycles. The van der Waals surface area contributed by atoms with Gasteiger partial charge < -0.3 is 9.42 Å². The Labute approximate surface area is 188 Å². The Hall–Kier alpha value is -2.56. The van der Waals surface area contributed by atoms with E-state index in [0.29, 0.717) is 23.7 Å². The minimum Gasteiger partial charge on any atom is -0.369 e. The van der Waals surface area contributed by atoms with E-state index in [-0.39, 0.29) is 29.2 Å². The summed E-state index contributed by atoms with van der Waals surface area (Å²) in [6.45, 7) is 3.14. The predicted molar refractivity (Wildman–Crippen MR) is 114 cm³/mol. The number of benzene rings is 2. The summed E-state index contributed by atoms with van der Waals surface area (Å²) < 4.78 is 70.8. The molecule has 0 saturated carbocycles. The van der Waals surface area contributed by atoms with Crippen molar-refractivity contribution in [2.45, 2.75) is 18.0 Å². The lowest BCUT2D eigenvalue weighted by Crippen LogP contribution is -2.48. The first-order valence-corrected chi connectivity index (χ1v) is 11.5. The summed E-state index contributed by atoms with van der Waals surface area (Å²) in [7, 11) is -3.86. The second kappa shape index (κ2) is 8.42. The van der Waals surface area contributed by atoms with E-state index in [1.54, 1.807) is 19.1 Å². The van der Waals surface area contributed by atoms with Gasteiger partial charge in [0.05, 0.1) is 4.90 Å². The number of anilines is 1. The fraction of sp³-hybridized carbons (Fsp3) is 0.286. The van der Waals surface area contributed by atoms with E-state index < -0.39 is 22.0 Å². The van der Waals surface area contributed by atoms with Crippen molar-refractivity contribution in [2.75, 3.05) is 31.1 Å². The average molecular weight is 486 g/mol. The van der Waals surface area contributed by atoms with E-state index in [9.17, 15) is 21.6 Å². The first kappa shape index (κ1) is 22.6. The van der Waals surface area contributed by atoms with E-state index in [0.717, 1.165) is 11.8 Å². The van der Waals surface area contributed by atoms with Gasteiger partial charge in [0, 0.05) is 48.5 Å². The van der Waals surface area contributed by atoms with E-state index >= 15 is 0 Å². The maximum atomic E-state index is 13.3. The first-order valence-electron chi connectivity index (χ1n) is 9.71. The molecule has 1 saturated heterocycles. The zero-order valence-electron chi connectivity index (χ0n) is 16.9. The third-order valence-corrected chi connectivity index (χ3v) is 7.58. The molecule has 1 aliphatic heterocycles. The van der Waals surface area contributed by atoms with Crippen LogP contribution in [0, 0.1) is 6.92 Å². The van der Waals surface area contributed by atoms with Gasteiger partial charge in [-0.15, -0.1) is 0 Å². The fourth-order valence-electron chi connectivity index (χ4n) is 3.58. The highest BCUT2D eigenvalue weighted by Gasteiger charge is 2.36. The monoisotopic (exact) mass is 485 g/mol. The molecule has 2 heterocycles. The van der Waals surface area contributed by atoms with E-state index in [2.05, 4.69) is 14.6 Å². The number of piperazine rings is 1. The zero-order valence-corrected chi connectivity index (χ0v) is 18.5. The molecule has 0 unspecified atom stereocenters. The topological polar surface area (TPSA) is 66.7 Å². The molecular formula is C21H19ClF3N3O3S.